The Labute approximate surface area is 173 Å². The molecule has 29 heavy (non-hydrogen) atoms. The van der Waals surface area contributed by atoms with Crippen molar-refractivity contribution in [1.29, 1.82) is 5.26 Å². The number of rotatable bonds is 2. The van der Waals surface area contributed by atoms with E-state index in [-0.39, 0.29) is 11.3 Å². The topological polar surface area (TPSA) is 40.6 Å². The number of aryl methyl sites for hydroxylation is 1. The van der Waals surface area contributed by atoms with Gasteiger partial charge in [0, 0.05) is 25.7 Å². The van der Waals surface area contributed by atoms with Crippen molar-refractivity contribution in [2.75, 3.05) is 18.5 Å². The van der Waals surface area contributed by atoms with Gasteiger partial charge in [0.2, 0.25) is 0 Å². The first kappa shape index (κ1) is 19.3. The summed E-state index contributed by atoms with van der Waals surface area (Å²) in [6, 6.07) is 8.68. The van der Waals surface area contributed by atoms with Crippen molar-refractivity contribution in [3.8, 4) is 6.07 Å². The Balaban J connectivity index is 1.63. The van der Waals surface area contributed by atoms with Crippen LogP contribution in [-0.2, 0) is 11.2 Å². The Morgan fingerprint density at radius 2 is 2.07 bits per heavy atom. The van der Waals surface area contributed by atoms with E-state index in [1.807, 2.05) is 12.2 Å². The van der Waals surface area contributed by atoms with Crippen molar-refractivity contribution in [3.05, 3.63) is 69.9 Å². The van der Waals surface area contributed by atoms with Gasteiger partial charge in [0.1, 0.15) is 11.4 Å². The van der Waals surface area contributed by atoms with Crippen LogP contribution < -0.4 is 4.90 Å². The lowest BCUT2D eigenvalue weighted by molar-refractivity contribution is -0.0285. The fraction of sp³-hybridized carbons (Fsp3) is 0.440. The molecule has 0 atom stereocenters. The van der Waals surface area contributed by atoms with Gasteiger partial charge in [-0.05, 0) is 79.5 Å². The second kappa shape index (κ2) is 8.18. The molecule has 0 unspecified atom stereocenters. The van der Waals surface area contributed by atoms with Crippen LogP contribution in [-0.4, -0.2) is 19.2 Å². The van der Waals surface area contributed by atoms with Gasteiger partial charge >= 0.3 is 0 Å². The molecule has 4 heteroatoms. The van der Waals surface area contributed by atoms with Crippen LogP contribution in [0.3, 0.4) is 0 Å². The third-order valence-corrected chi connectivity index (χ3v) is 6.34. The average molecular weight is 386 g/mol. The number of fused-ring (bicyclic) bond motifs is 1. The van der Waals surface area contributed by atoms with Gasteiger partial charge in [-0.15, -0.1) is 0 Å². The number of ether oxygens (including phenoxy) is 1. The van der Waals surface area contributed by atoms with E-state index in [2.05, 4.69) is 47.1 Å². The summed E-state index contributed by atoms with van der Waals surface area (Å²) in [7, 11) is 2.15. The maximum atomic E-state index is 9.38. The number of anilines is 1. The van der Waals surface area contributed by atoms with Gasteiger partial charge in [-0.1, -0.05) is 18.6 Å². The van der Waals surface area contributed by atoms with E-state index in [0.717, 1.165) is 55.5 Å². The minimum atomic E-state index is -0.257. The van der Waals surface area contributed by atoms with Gasteiger partial charge in [-0.2, -0.15) is 0 Å². The third kappa shape index (κ3) is 4.08. The summed E-state index contributed by atoms with van der Waals surface area (Å²) in [5.74, 6) is 0.763. The molecule has 4 nitrogen and oxygen atoms in total. The molecule has 0 radical (unpaired) electrons. The first-order valence-electron chi connectivity index (χ1n) is 10.6. The SMILES string of the molecule is [C-]#[N+]C(C#N)=C1C=C(C=Cc2ccc3c(c2)CCCN3C)OC2(CCCCC2)C1. The van der Waals surface area contributed by atoms with Gasteiger partial charge in [0.25, 0.3) is 5.70 Å². The van der Waals surface area contributed by atoms with Crippen LogP contribution in [0.5, 0.6) is 0 Å². The Kier molecular flexibility index (Phi) is 5.45. The highest BCUT2D eigenvalue weighted by molar-refractivity contribution is 5.63. The van der Waals surface area contributed by atoms with Crippen LogP contribution >= 0.6 is 0 Å². The highest BCUT2D eigenvalue weighted by Crippen LogP contribution is 2.43. The molecular weight excluding hydrogens is 358 g/mol. The summed E-state index contributed by atoms with van der Waals surface area (Å²) in [4.78, 5) is 5.77. The lowest BCUT2D eigenvalue weighted by atomic mass is 9.78. The number of nitrogens with zero attached hydrogens (tertiary/aromatic N) is 3. The van der Waals surface area contributed by atoms with Crippen molar-refractivity contribution in [3.63, 3.8) is 0 Å². The van der Waals surface area contributed by atoms with E-state index in [4.69, 9.17) is 11.3 Å². The van der Waals surface area contributed by atoms with Crippen molar-refractivity contribution < 1.29 is 4.74 Å². The lowest BCUT2D eigenvalue weighted by Crippen LogP contribution is -2.37. The predicted molar refractivity (Wildman–Crippen MR) is 116 cm³/mol. The molecular formula is C25H27N3O. The number of allylic oxidation sites excluding steroid dienone is 3. The zero-order chi connectivity index (χ0) is 20.3. The fourth-order valence-corrected chi connectivity index (χ4v) is 4.85. The maximum Gasteiger partial charge on any atom is 0.265 e. The Hall–Kier alpha value is -2.98. The molecule has 3 aliphatic rings. The van der Waals surface area contributed by atoms with Gasteiger partial charge < -0.3 is 9.64 Å². The average Bonchev–Trinajstić information content (AvgIpc) is 2.74. The molecule has 1 spiro atoms. The van der Waals surface area contributed by atoms with Crippen molar-refractivity contribution in [2.45, 2.75) is 57.0 Å². The van der Waals surface area contributed by atoms with Crippen LogP contribution in [0.4, 0.5) is 5.69 Å². The molecule has 2 heterocycles. The maximum absolute atomic E-state index is 9.38. The predicted octanol–water partition coefficient (Wildman–Crippen LogP) is 5.79. The van der Waals surface area contributed by atoms with E-state index < -0.39 is 0 Å². The lowest BCUT2D eigenvalue weighted by Gasteiger charge is -2.41. The van der Waals surface area contributed by atoms with Crippen molar-refractivity contribution in [1.82, 2.24) is 0 Å². The van der Waals surface area contributed by atoms with Crippen molar-refractivity contribution in [2.24, 2.45) is 0 Å². The standard InChI is InChI=1S/C25H27N3O/c1-27-23(18-26)21-16-22(29-25(17-21)12-4-3-5-13-25)10-8-19-9-11-24-20(15-19)7-6-14-28(24)2/h8-11,15-16H,3-7,12-14,17H2,2H3. The Bertz CT molecular complexity index is 949. The van der Waals surface area contributed by atoms with Crippen molar-refractivity contribution >= 4 is 11.8 Å². The molecule has 0 bridgehead atoms. The molecule has 0 N–H and O–H groups in total. The number of hydrogen-bond acceptors (Lipinski definition) is 3. The normalized spacial score (nSPS) is 22.3. The molecule has 4 rings (SSSR count). The minimum absolute atomic E-state index is 0.195. The van der Waals surface area contributed by atoms with E-state index in [1.54, 1.807) is 0 Å². The summed E-state index contributed by atoms with van der Waals surface area (Å²) in [5, 5.41) is 9.38. The molecule has 0 saturated heterocycles. The van der Waals surface area contributed by atoms with Gasteiger partial charge in [0.15, 0.2) is 0 Å². The third-order valence-electron chi connectivity index (χ3n) is 6.34. The molecule has 1 saturated carbocycles. The van der Waals surface area contributed by atoms with E-state index >= 15 is 0 Å². The highest BCUT2D eigenvalue weighted by atomic mass is 16.5. The zero-order valence-corrected chi connectivity index (χ0v) is 17.1. The zero-order valence-electron chi connectivity index (χ0n) is 17.1. The van der Waals surface area contributed by atoms with E-state index in [0.29, 0.717) is 6.42 Å². The van der Waals surface area contributed by atoms with E-state index in [1.165, 1.54) is 24.1 Å². The summed E-state index contributed by atoms with van der Waals surface area (Å²) in [6.45, 7) is 8.47. The molecule has 0 amide bonds. The van der Waals surface area contributed by atoms with Crippen LogP contribution in [0.25, 0.3) is 10.9 Å². The fourth-order valence-electron chi connectivity index (χ4n) is 4.85. The largest absolute Gasteiger partial charge is 0.487 e. The summed E-state index contributed by atoms with van der Waals surface area (Å²) in [5.41, 5.74) is 4.63. The summed E-state index contributed by atoms with van der Waals surface area (Å²) >= 11 is 0. The summed E-state index contributed by atoms with van der Waals surface area (Å²) < 4.78 is 6.46. The summed E-state index contributed by atoms with van der Waals surface area (Å²) in [6.07, 6.45) is 14.4. The number of hydrogen-bond donors (Lipinski definition) is 0. The molecule has 0 aromatic heterocycles. The minimum Gasteiger partial charge on any atom is -0.487 e. The first-order chi connectivity index (χ1) is 14.1. The quantitative estimate of drug-likeness (QED) is 0.478. The Morgan fingerprint density at radius 3 is 2.83 bits per heavy atom. The van der Waals surface area contributed by atoms with E-state index in [9.17, 15) is 5.26 Å². The number of nitriles is 1. The van der Waals surface area contributed by atoms with Crippen LogP contribution in [0, 0.1) is 17.9 Å². The monoisotopic (exact) mass is 385 g/mol. The van der Waals surface area contributed by atoms with Gasteiger partial charge in [-0.25, -0.2) is 10.1 Å². The highest BCUT2D eigenvalue weighted by Gasteiger charge is 2.38. The molecule has 2 aliphatic heterocycles. The first-order valence-corrected chi connectivity index (χ1v) is 10.6. The molecule has 148 valence electrons. The molecule has 1 aliphatic carbocycles. The molecule has 1 aromatic carbocycles. The van der Waals surface area contributed by atoms with Crippen LogP contribution in [0.1, 0.15) is 56.1 Å². The second-order valence-electron chi connectivity index (χ2n) is 8.41. The van der Waals surface area contributed by atoms with Crippen LogP contribution in [0.2, 0.25) is 0 Å². The second-order valence-corrected chi connectivity index (χ2v) is 8.41. The van der Waals surface area contributed by atoms with Gasteiger partial charge in [-0.3, -0.25) is 0 Å². The van der Waals surface area contributed by atoms with Crippen LogP contribution in [0.15, 0.2) is 47.4 Å². The Morgan fingerprint density at radius 1 is 1.24 bits per heavy atom. The molecule has 1 aromatic rings. The number of benzene rings is 1. The molecule has 1 fully saturated rings. The smallest absolute Gasteiger partial charge is 0.265 e. The van der Waals surface area contributed by atoms with Gasteiger partial charge in [0.05, 0.1) is 12.6 Å².